The van der Waals surface area contributed by atoms with E-state index < -0.39 is 5.97 Å². The van der Waals surface area contributed by atoms with E-state index in [0.29, 0.717) is 12.1 Å². The van der Waals surface area contributed by atoms with Gasteiger partial charge in [-0.25, -0.2) is 4.79 Å². The van der Waals surface area contributed by atoms with E-state index >= 15 is 0 Å². The Labute approximate surface area is 112 Å². The van der Waals surface area contributed by atoms with Crippen molar-refractivity contribution in [2.75, 3.05) is 0 Å². The second-order valence-electron chi connectivity index (χ2n) is 3.65. The lowest BCUT2D eigenvalue weighted by molar-refractivity contribution is -0.131. The van der Waals surface area contributed by atoms with Gasteiger partial charge in [-0.05, 0) is 18.2 Å². The lowest BCUT2D eigenvalue weighted by Gasteiger charge is -2.00. The van der Waals surface area contributed by atoms with Gasteiger partial charge in [-0.15, -0.1) is 11.3 Å². The lowest BCUT2D eigenvalue weighted by atomic mass is 10.3. The van der Waals surface area contributed by atoms with Crippen molar-refractivity contribution in [3.05, 3.63) is 45.9 Å². The van der Waals surface area contributed by atoms with Gasteiger partial charge < -0.3 is 10.4 Å². The predicted octanol–water partition coefficient (Wildman–Crippen LogP) is 1.50. The van der Waals surface area contributed by atoms with Gasteiger partial charge in [0.05, 0.1) is 18.3 Å². The fourth-order valence-corrected chi connectivity index (χ4v) is 2.23. The number of aromatic amines is 1. The Morgan fingerprint density at radius 3 is 3.00 bits per heavy atom. The van der Waals surface area contributed by atoms with Gasteiger partial charge in [0.15, 0.2) is 0 Å². The summed E-state index contributed by atoms with van der Waals surface area (Å²) in [6, 6.07) is 3.66. The van der Waals surface area contributed by atoms with E-state index in [1.165, 1.54) is 29.8 Å². The highest BCUT2D eigenvalue weighted by atomic mass is 32.1. The molecule has 0 spiro atoms. The number of H-pyrrole nitrogens is 1. The molecule has 0 fully saturated rings. The SMILES string of the molecule is O=C(O)C=Cc1ccc(CNC(=O)c2cn[nH]c2)s1. The average Bonchev–Trinajstić information content (AvgIpc) is 3.04. The summed E-state index contributed by atoms with van der Waals surface area (Å²) in [4.78, 5) is 23.8. The Bertz CT molecular complexity index is 602. The highest BCUT2D eigenvalue weighted by Gasteiger charge is 2.06. The molecule has 2 rings (SSSR count). The number of carbonyl (C=O) groups is 2. The van der Waals surface area contributed by atoms with Crippen LogP contribution in [0.3, 0.4) is 0 Å². The van der Waals surface area contributed by atoms with Crippen LogP contribution in [0.1, 0.15) is 20.1 Å². The monoisotopic (exact) mass is 277 g/mol. The average molecular weight is 277 g/mol. The van der Waals surface area contributed by atoms with Crippen LogP contribution in [-0.2, 0) is 11.3 Å². The van der Waals surface area contributed by atoms with Crippen molar-refractivity contribution in [2.24, 2.45) is 0 Å². The minimum absolute atomic E-state index is 0.204. The molecule has 0 aliphatic heterocycles. The third kappa shape index (κ3) is 3.78. The summed E-state index contributed by atoms with van der Waals surface area (Å²) in [7, 11) is 0. The zero-order chi connectivity index (χ0) is 13.7. The molecule has 6 nitrogen and oxygen atoms in total. The van der Waals surface area contributed by atoms with Crippen LogP contribution in [0.5, 0.6) is 0 Å². The quantitative estimate of drug-likeness (QED) is 0.722. The second-order valence-corrected chi connectivity index (χ2v) is 4.85. The maximum Gasteiger partial charge on any atom is 0.328 e. The number of thiophene rings is 1. The van der Waals surface area contributed by atoms with Crippen LogP contribution in [-0.4, -0.2) is 27.2 Å². The number of rotatable bonds is 5. The number of aliphatic carboxylic acids is 1. The Balaban J connectivity index is 1.90. The lowest BCUT2D eigenvalue weighted by Crippen LogP contribution is -2.21. The zero-order valence-corrected chi connectivity index (χ0v) is 10.6. The van der Waals surface area contributed by atoms with Gasteiger partial charge in [-0.2, -0.15) is 5.10 Å². The minimum atomic E-state index is -0.983. The Hall–Kier alpha value is -2.41. The van der Waals surface area contributed by atoms with Gasteiger partial charge >= 0.3 is 5.97 Å². The number of carboxylic acid groups (broad SMARTS) is 1. The summed E-state index contributed by atoms with van der Waals surface area (Å²) in [6.45, 7) is 0.398. The first-order valence-corrected chi connectivity index (χ1v) is 6.23. The Morgan fingerprint density at radius 1 is 1.47 bits per heavy atom. The summed E-state index contributed by atoms with van der Waals surface area (Å²) in [5.41, 5.74) is 0.475. The number of amides is 1. The fourth-order valence-electron chi connectivity index (χ4n) is 1.38. The van der Waals surface area contributed by atoms with Gasteiger partial charge in [0.25, 0.3) is 5.91 Å². The molecule has 0 aliphatic rings. The molecule has 19 heavy (non-hydrogen) atoms. The molecule has 98 valence electrons. The fraction of sp³-hybridized carbons (Fsp3) is 0.0833. The normalized spacial score (nSPS) is 10.7. The number of hydrogen-bond acceptors (Lipinski definition) is 4. The number of carboxylic acids is 1. The van der Waals surface area contributed by atoms with E-state index in [4.69, 9.17) is 5.11 Å². The van der Waals surface area contributed by atoms with Gasteiger partial charge in [0.1, 0.15) is 0 Å². The molecule has 0 saturated carbocycles. The molecule has 0 unspecified atom stereocenters. The van der Waals surface area contributed by atoms with Crippen molar-refractivity contribution >= 4 is 29.3 Å². The highest BCUT2D eigenvalue weighted by Crippen LogP contribution is 2.17. The Kier molecular flexibility index (Phi) is 4.09. The standard InChI is InChI=1S/C12H11N3O3S/c16-11(17)4-3-9-1-2-10(19-9)7-13-12(18)8-5-14-15-6-8/h1-6H,7H2,(H,13,18)(H,14,15)(H,16,17). The second kappa shape index (κ2) is 5.96. The van der Waals surface area contributed by atoms with Crippen molar-refractivity contribution < 1.29 is 14.7 Å². The van der Waals surface area contributed by atoms with Crippen LogP contribution in [0.15, 0.2) is 30.6 Å². The summed E-state index contributed by atoms with van der Waals surface area (Å²) >= 11 is 1.43. The number of nitrogens with one attached hydrogen (secondary N) is 2. The van der Waals surface area contributed by atoms with E-state index in [1.807, 2.05) is 12.1 Å². The first kappa shape index (κ1) is 13.0. The molecule has 0 radical (unpaired) electrons. The molecule has 0 aromatic carbocycles. The zero-order valence-electron chi connectivity index (χ0n) is 9.79. The van der Waals surface area contributed by atoms with Gasteiger partial charge in [-0.1, -0.05) is 0 Å². The van der Waals surface area contributed by atoms with Gasteiger partial charge in [0, 0.05) is 22.0 Å². The van der Waals surface area contributed by atoms with Crippen molar-refractivity contribution in [3.63, 3.8) is 0 Å². The van der Waals surface area contributed by atoms with Crippen LogP contribution in [0.2, 0.25) is 0 Å². The first-order valence-electron chi connectivity index (χ1n) is 5.42. The molecule has 1 amide bonds. The molecular formula is C12H11N3O3S. The molecule has 0 bridgehead atoms. The molecule has 2 aromatic rings. The number of hydrogen-bond donors (Lipinski definition) is 3. The molecule has 3 N–H and O–H groups in total. The van der Waals surface area contributed by atoms with E-state index in [0.717, 1.165) is 15.8 Å². The maximum atomic E-state index is 11.6. The van der Waals surface area contributed by atoms with Crippen LogP contribution in [0, 0.1) is 0 Å². The molecule has 2 heterocycles. The van der Waals surface area contributed by atoms with E-state index in [1.54, 1.807) is 0 Å². The van der Waals surface area contributed by atoms with Gasteiger partial charge in [0.2, 0.25) is 0 Å². The van der Waals surface area contributed by atoms with E-state index in [-0.39, 0.29) is 5.91 Å². The van der Waals surface area contributed by atoms with Crippen LogP contribution in [0.4, 0.5) is 0 Å². The third-order valence-electron chi connectivity index (χ3n) is 2.26. The highest BCUT2D eigenvalue weighted by molar-refractivity contribution is 7.12. The van der Waals surface area contributed by atoms with Crippen LogP contribution < -0.4 is 5.32 Å². The number of aromatic nitrogens is 2. The van der Waals surface area contributed by atoms with Crippen molar-refractivity contribution in [1.29, 1.82) is 0 Å². The minimum Gasteiger partial charge on any atom is -0.478 e. The van der Waals surface area contributed by atoms with E-state index in [9.17, 15) is 9.59 Å². The molecule has 0 aliphatic carbocycles. The molecule has 0 saturated heterocycles. The summed E-state index contributed by atoms with van der Waals surface area (Å²) in [6.07, 6.45) is 5.57. The maximum absolute atomic E-state index is 11.6. The number of carbonyl (C=O) groups excluding carboxylic acids is 1. The van der Waals surface area contributed by atoms with Crippen LogP contribution in [0.25, 0.3) is 6.08 Å². The largest absolute Gasteiger partial charge is 0.478 e. The van der Waals surface area contributed by atoms with Gasteiger partial charge in [-0.3, -0.25) is 9.89 Å². The van der Waals surface area contributed by atoms with Crippen molar-refractivity contribution in [2.45, 2.75) is 6.54 Å². The predicted molar refractivity (Wildman–Crippen MR) is 70.7 cm³/mol. The first-order chi connectivity index (χ1) is 9.15. The summed E-state index contributed by atoms with van der Waals surface area (Å²) < 4.78 is 0. The third-order valence-corrected chi connectivity index (χ3v) is 3.31. The molecule has 0 atom stereocenters. The topological polar surface area (TPSA) is 95.1 Å². The van der Waals surface area contributed by atoms with Crippen LogP contribution >= 0.6 is 11.3 Å². The molecule has 7 heteroatoms. The number of nitrogens with zero attached hydrogens (tertiary/aromatic N) is 1. The smallest absolute Gasteiger partial charge is 0.328 e. The summed E-state index contributed by atoms with van der Waals surface area (Å²) in [5, 5.41) is 17.5. The van der Waals surface area contributed by atoms with E-state index in [2.05, 4.69) is 15.5 Å². The summed E-state index contributed by atoms with van der Waals surface area (Å²) in [5.74, 6) is -1.19. The Morgan fingerprint density at radius 2 is 2.32 bits per heavy atom. The van der Waals surface area contributed by atoms with Crippen molar-refractivity contribution in [3.8, 4) is 0 Å². The molecule has 2 aromatic heterocycles. The van der Waals surface area contributed by atoms with Crippen molar-refractivity contribution in [1.82, 2.24) is 15.5 Å². The molecular weight excluding hydrogens is 266 g/mol.